The third-order valence-corrected chi connectivity index (χ3v) is 3.63. The van der Waals surface area contributed by atoms with Gasteiger partial charge in [0.05, 0.1) is 12.3 Å². The number of ether oxygens (including phenoxy) is 4. The number of esters is 4. The molecule has 0 radical (unpaired) electrons. The molecule has 32 heavy (non-hydrogen) atoms. The Balaban J connectivity index is 4.99. The second kappa shape index (κ2) is 15.3. The highest BCUT2D eigenvalue weighted by atomic mass is 16.6. The van der Waals surface area contributed by atoms with Gasteiger partial charge in [0.25, 0.3) is 0 Å². The first-order valence-corrected chi connectivity index (χ1v) is 9.58. The molecule has 1 atom stereocenters. The minimum atomic E-state index is -1.26. The van der Waals surface area contributed by atoms with Crippen LogP contribution in [0.25, 0.3) is 0 Å². The van der Waals surface area contributed by atoms with Crippen LogP contribution in [0.15, 0.2) is 36.0 Å². The van der Waals surface area contributed by atoms with Gasteiger partial charge in [-0.1, -0.05) is 19.2 Å². The fraction of sp³-hybridized carbons (Fsp3) is 0.476. The summed E-state index contributed by atoms with van der Waals surface area (Å²) in [7, 11) is 0. The number of hydrogen-bond donors (Lipinski definition) is 2. The maximum absolute atomic E-state index is 12.4. The third-order valence-electron chi connectivity index (χ3n) is 3.63. The van der Waals surface area contributed by atoms with Crippen LogP contribution in [0.4, 0.5) is 0 Å². The Kier molecular flexibility index (Phi) is 13.7. The highest BCUT2D eigenvalue weighted by Crippen LogP contribution is 2.14. The van der Waals surface area contributed by atoms with Gasteiger partial charge in [-0.05, 0) is 13.8 Å². The lowest BCUT2D eigenvalue weighted by Crippen LogP contribution is -2.25. The zero-order chi connectivity index (χ0) is 24.7. The van der Waals surface area contributed by atoms with Gasteiger partial charge in [-0.25, -0.2) is 9.59 Å². The number of nitrogens with two attached hydrogens (primary N) is 1. The van der Waals surface area contributed by atoms with Crippen LogP contribution < -0.4 is 5.73 Å². The average molecular weight is 455 g/mol. The van der Waals surface area contributed by atoms with Crippen molar-refractivity contribution < 1.29 is 48.0 Å². The van der Waals surface area contributed by atoms with Crippen molar-refractivity contribution in [1.29, 1.82) is 0 Å². The van der Waals surface area contributed by atoms with E-state index in [4.69, 9.17) is 29.8 Å². The van der Waals surface area contributed by atoms with Gasteiger partial charge in [0.1, 0.15) is 26.4 Å². The van der Waals surface area contributed by atoms with E-state index >= 15 is 0 Å². The minimum Gasteiger partial charge on any atom is -0.462 e. The fourth-order valence-electron chi connectivity index (χ4n) is 2.02. The van der Waals surface area contributed by atoms with E-state index < -0.39 is 48.7 Å². The number of hydrogen-bond acceptors (Lipinski definition) is 10. The summed E-state index contributed by atoms with van der Waals surface area (Å²) < 4.78 is 19.5. The minimum absolute atomic E-state index is 0.0775. The molecule has 178 valence electrons. The van der Waals surface area contributed by atoms with E-state index in [1.54, 1.807) is 0 Å². The maximum atomic E-state index is 12.4. The lowest BCUT2D eigenvalue weighted by atomic mass is 10.00. The molecule has 0 saturated heterocycles. The predicted octanol–water partition coefficient (Wildman–Crippen LogP) is 0.112. The summed E-state index contributed by atoms with van der Waals surface area (Å²) in [5.41, 5.74) is 5.50. The predicted molar refractivity (Wildman–Crippen MR) is 111 cm³/mol. The van der Waals surface area contributed by atoms with Gasteiger partial charge < -0.3 is 29.8 Å². The normalized spacial score (nSPS) is 11.7. The molecule has 3 N–H and O–H groups in total. The van der Waals surface area contributed by atoms with Crippen molar-refractivity contribution in [3.8, 4) is 0 Å². The zero-order valence-corrected chi connectivity index (χ0v) is 18.2. The van der Waals surface area contributed by atoms with E-state index in [1.165, 1.54) is 13.8 Å². The molecule has 0 aromatic carbocycles. The molecule has 11 heteroatoms. The average Bonchev–Trinajstić information content (AvgIpc) is 2.72. The third kappa shape index (κ3) is 12.3. The summed E-state index contributed by atoms with van der Waals surface area (Å²) in [5.74, 6) is -5.19. The van der Waals surface area contributed by atoms with Gasteiger partial charge in [0, 0.05) is 29.7 Å². The van der Waals surface area contributed by atoms with Crippen molar-refractivity contribution >= 4 is 29.8 Å². The molecule has 0 aliphatic heterocycles. The van der Waals surface area contributed by atoms with Crippen LogP contribution in [0.1, 0.15) is 26.7 Å². The molecule has 0 rings (SSSR count). The topological polar surface area (TPSA) is 169 Å². The van der Waals surface area contributed by atoms with Crippen LogP contribution in [0.2, 0.25) is 0 Å². The highest BCUT2D eigenvalue weighted by molar-refractivity contribution is 5.93. The highest BCUT2D eigenvalue weighted by Gasteiger charge is 2.24. The van der Waals surface area contributed by atoms with Crippen molar-refractivity contribution in [3.63, 3.8) is 0 Å². The SMILES string of the molecule is C=C(C)C(=O)OCCOC(=O)CC(/C=C(\CCO)C(N)=O)C(=O)OCCOC(=O)C(=C)C. The maximum Gasteiger partial charge on any atom is 0.333 e. The number of amides is 1. The standard InChI is InChI=1S/C21H29NO10/c1-13(2)19(26)30-8-7-29-17(24)12-16(11-15(5-6-23)18(22)25)21(28)32-10-9-31-20(27)14(3)4/h11,16,23H,1,3,5-10,12H2,2,4H3,(H2,22,25)/b15-11+. The summed E-state index contributed by atoms with van der Waals surface area (Å²) >= 11 is 0. The summed E-state index contributed by atoms with van der Waals surface area (Å²) in [6.07, 6.45) is 0.464. The Morgan fingerprint density at radius 3 is 1.78 bits per heavy atom. The summed E-state index contributed by atoms with van der Waals surface area (Å²) in [6, 6.07) is 0. The van der Waals surface area contributed by atoms with Crippen molar-refractivity contribution in [2.45, 2.75) is 26.7 Å². The van der Waals surface area contributed by atoms with Gasteiger partial charge in [-0.15, -0.1) is 0 Å². The van der Waals surface area contributed by atoms with Crippen molar-refractivity contribution in [1.82, 2.24) is 0 Å². The molecule has 0 saturated carbocycles. The fourth-order valence-corrected chi connectivity index (χ4v) is 2.02. The van der Waals surface area contributed by atoms with Crippen LogP contribution in [0, 0.1) is 5.92 Å². The van der Waals surface area contributed by atoms with Gasteiger partial charge in [-0.2, -0.15) is 0 Å². The van der Waals surface area contributed by atoms with E-state index in [1.807, 2.05) is 0 Å². The zero-order valence-electron chi connectivity index (χ0n) is 18.2. The lowest BCUT2D eigenvalue weighted by Gasteiger charge is -2.14. The Hall–Kier alpha value is -3.47. The largest absolute Gasteiger partial charge is 0.462 e. The molecule has 0 aromatic rings. The molecule has 0 aliphatic rings. The van der Waals surface area contributed by atoms with E-state index in [2.05, 4.69) is 13.2 Å². The van der Waals surface area contributed by atoms with Crippen molar-refractivity contribution in [3.05, 3.63) is 36.0 Å². The lowest BCUT2D eigenvalue weighted by molar-refractivity contribution is -0.157. The molecule has 1 amide bonds. The van der Waals surface area contributed by atoms with Crippen molar-refractivity contribution in [2.75, 3.05) is 33.0 Å². The second-order valence-corrected chi connectivity index (χ2v) is 6.56. The molecule has 0 bridgehead atoms. The Morgan fingerprint density at radius 1 is 0.875 bits per heavy atom. The van der Waals surface area contributed by atoms with Gasteiger partial charge in [0.2, 0.25) is 5.91 Å². The van der Waals surface area contributed by atoms with Gasteiger partial charge in [-0.3, -0.25) is 14.4 Å². The number of carbonyl (C=O) groups excluding carboxylic acids is 5. The Morgan fingerprint density at radius 2 is 1.34 bits per heavy atom. The molecule has 0 heterocycles. The first kappa shape index (κ1) is 28.5. The monoisotopic (exact) mass is 455 g/mol. The van der Waals surface area contributed by atoms with Gasteiger partial charge in [0.15, 0.2) is 0 Å². The van der Waals surface area contributed by atoms with Crippen LogP contribution >= 0.6 is 0 Å². The quantitative estimate of drug-likeness (QED) is 0.150. The molecule has 1 unspecified atom stereocenters. The molecule has 0 aliphatic carbocycles. The summed E-state index contributed by atoms with van der Waals surface area (Å²) in [4.78, 5) is 58.6. The van der Waals surface area contributed by atoms with Crippen LogP contribution in [0.3, 0.4) is 0 Å². The van der Waals surface area contributed by atoms with E-state index in [0.29, 0.717) is 0 Å². The molecular formula is C21H29NO10. The molecule has 0 fully saturated rings. The van der Waals surface area contributed by atoms with E-state index in [-0.39, 0.29) is 49.6 Å². The van der Waals surface area contributed by atoms with Crippen LogP contribution in [-0.4, -0.2) is 67.9 Å². The summed E-state index contributed by atoms with van der Waals surface area (Å²) in [5, 5.41) is 9.06. The molecule has 0 aromatic heterocycles. The number of primary amides is 1. The molecular weight excluding hydrogens is 426 g/mol. The number of aliphatic hydroxyl groups excluding tert-OH is 1. The van der Waals surface area contributed by atoms with E-state index in [0.717, 1.165) is 6.08 Å². The first-order valence-electron chi connectivity index (χ1n) is 9.58. The number of aliphatic hydroxyl groups is 1. The Labute approximate surface area is 185 Å². The number of rotatable bonds is 15. The molecule has 0 spiro atoms. The smallest absolute Gasteiger partial charge is 0.333 e. The van der Waals surface area contributed by atoms with Crippen LogP contribution in [-0.2, 0) is 42.9 Å². The van der Waals surface area contributed by atoms with Crippen molar-refractivity contribution in [2.24, 2.45) is 11.7 Å². The first-order chi connectivity index (χ1) is 15.0. The number of carbonyl (C=O) groups is 5. The van der Waals surface area contributed by atoms with Crippen LogP contribution in [0.5, 0.6) is 0 Å². The summed E-state index contributed by atoms with van der Waals surface area (Å²) in [6.45, 7) is 8.28. The Bertz CT molecular complexity index is 769. The van der Waals surface area contributed by atoms with E-state index in [9.17, 15) is 24.0 Å². The van der Waals surface area contributed by atoms with Gasteiger partial charge >= 0.3 is 23.9 Å². The second-order valence-electron chi connectivity index (χ2n) is 6.56. The molecule has 11 nitrogen and oxygen atoms in total.